The zero-order valence-corrected chi connectivity index (χ0v) is 13.9. The van der Waals surface area contributed by atoms with Crippen LogP contribution in [0, 0.1) is 11.3 Å². The van der Waals surface area contributed by atoms with Crippen molar-refractivity contribution in [2.45, 2.75) is 19.9 Å². The molecule has 118 valence electrons. The molecule has 0 amide bonds. The molecule has 4 rings (SSSR count). The van der Waals surface area contributed by atoms with Crippen molar-refractivity contribution in [2.24, 2.45) is 0 Å². The number of rotatable bonds is 3. The summed E-state index contributed by atoms with van der Waals surface area (Å²) in [7, 11) is 0. The second-order valence-corrected chi connectivity index (χ2v) is 6.71. The van der Waals surface area contributed by atoms with Gasteiger partial charge in [-0.1, -0.05) is 13.0 Å². The third-order valence-corrected chi connectivity index (χ3v) is 5.32. The molecule has 6 heteroatoms. The monoisotopic (exact) mass is 334 g/mol. The van der Waals surface area contributed by atoms with Gasteiger partial charge in [0.1, 0.15) is 10.9 Å². The molecule has 0 bridgehead atoms. The van der Waals surface area contributed by atoms with Crippen molar-refractivity contribution in [1.82, 2.24) is 14.0 Å². The number of aryl methyl sites for hydroxylation is 1. The van der Waals surface area contributed by atoms with Gasteiger partial charge in [0, 0.05) is 22.8 Å². The predicted octanol–water partition coefficient (Wildman–Crippen LogP) is 3.19. The smallest absolute Gasteiger partial charge is 0.262 e. The maximum Gasteiger partial charge on any atom is 0.262 e. The minimum atomic E-state index is -0.0601. The Morgan fingerprint density at radius 2 is 2.25 bits per heavy atom. The number of hydrogen-bond acceptors (Lipinski definition) is 4. The second-order valence-electron chi connectivity index (χ2n) is 5.60. The summed E-state index contributed by atoms with van der Waals surface area (Å²) in [6.45, 7) is 2.40. The Labute approximate surface area is 142 Å². The van der Waals surface area contributed by atoms with Crippen LogP contribution in [-0.2, 0) is 13.0 Å². The Kier molecular flexibility index (Phi) is 3.44. The van der Waals surface area contributed by atoms with Gasteiger partial charge in [0.05, 0.1) is 29.3 Å². The quantitative estimate of drug-likeness (QED) is 0.578. The van der Waals surface area contributed by atoms with Crippen LogP contribution in [0.1, 0.15) is 22.9 Å². The van der Waals surface area contributed by atoms with Gasteiger partial charge < -0.3 is 4.40 Å². The fourth-order valence-electron chi connectivity index (χ4n) is 2.91. The molecule has 0 fully saturated rings. The first kappa shape index (κ1) is 14.7. The van der Waals surface area contributed by atoms with E-state index < -0.39 is 0 Å². The van der Waals surface area contributed by atoms with Gasteiger partial charge in [-0.15, -0.1) is 11.3 Å². The molecule has 0 radical (unpaired) electrons. The lowest BCUT2D eigenvalue weighted by Gasteiger charge is -2.03. The molecule has 0 aliphatic carbocycles. The lowest BCUT2D eigenvalue weighted by molar-refractivity contribution is 0.748. The molecule has 0 saturated heterocycles. The molecule has 4 heterocycles. The highest BCUT2D eigenvalue weighted by Gasteiger charge is 2.13. The van der Waals surface area contributed by atoms with Crippen LogP contribution in [0.15, 0.2) is 47.8 Å². The number of pyridine rings is 1. The van der Waals surface area contributed by atoms with E-state index in [9.17, 15) is 10.1 Å². The minimum Gasteiger partial charge on any atom is -0.322 e. The van der Waals surface area contributed by atoms with Crippen LogP contribution in [0.25, 0.3) is 15.7 Å². The van der Waals surface area contributed by atoms with Gasteiger partial charge in [0.15, 0.2) is 0 Å². The number of nitrogens with zero attached hydrogens (tertiary/aromatic N) is 4. The van der Waals surface area contributed by atoms with Crippen molar-refractivity contribution in [2.75, 3.05) is 0 Å². The van der Waals surface area contributed by atoms with Crippen molar-refractivity contribution in [3.63, 3.8) is 0 Å². The molecule has 0 aliphatic rings. The van der Waals surface area contributed by atoms with E-state index in [1.165, 1.54) is 0 Å². The van der Waals surface area contributed by atoms with E-state index in [0.717, 1.165) is 27.2 Å². The van der Waals surface area contributed by atoms with Gasteiger partial charge in [-0.3, -0.25) is 9.36 Å². The first-order valence-electron chi connectivity index (χ1n) is 7.67. The third-order valence-electron chi connectivity index (χ3n) is 4.13. The van der Waals surface area contributed by atoms with Crippen LogP contribution in [-0.4, -0.2) is 14.0 Å². The topological polar surface area (TPSA) is 63.1 Å². The number of fused-ring (bicyclic) bond motifs is 2. The molecule has 0 N–H and O–H groups in total. The first-order valence-corrected chi connectivity index (χ1v) is 8.49. The fraction of sp³-hybridized carbons (Fsp3) is 0.167. The normalized spacial score (nSPS) is 11.2. The van der Waals surface area contributed by atoms with Gasteiger partial charge in [0.25, 0.3) is 5.56 Å². The zero-order valence-electron chi connectivity index (χ0n) is 13.1. The number of nitriles is 1. The van der Waals surface area contributed by atoms with Gasteiger partial charge >= 0.3 is 0 Å². The van der Waals surface area contributed by atoms with E-state index in [1.807, 2.05) is 41.1 Å². The van der Waals surface area contributed by atoms with Gasteiger partial charge in [0.2, 0.25) is 0 Å². The summed E-state index contributed by atoms with van der Waals surface area (Å²) in [5.74, 6) is 0. The maximum absolute atomic E-state index is 12.7. The molecule has 0 saturated carbocycles. The number of aromatic nitrogens is 3. The van der Waals surface area contributed by atoms with Crippen LogP contribution in [0.4, 0.5) is 0 Å². The molecular formula is C18H14N4OS. The zero-order chi connectivity index (χ0) is 16.7. The average Bonchev–Trinajstić information content (AvgIpc) is 3.18. The van der Waals surface area contributed by atoms with Gasteiger partial charge in [-0.05, 0) is 24.6 Å². The molecule has 0 aliphatic heterocycles. The number of thiophene rings is 1. The van der Waals surface area contributed by atoms with E-state index in [1.54, 1.807) is 22.2 Å². The average molecular weight is 334 g/mol. The molecule has 4 aromatic rings. The Morgan fingerprint density at radius 3 is 3.04 bits per heavy atom. The highest BCUT2D eigenvalue weighted by molar-refractivity contribution is 7.18. The molecule has 0 unspecified atom stereocenters. The minimum absolute atomic E-state index is 0.0601. The van der Waals surface area contributed by atoms with Crippen LogP contribution in [0.2, 0.25) is 0 Å². The molecule has 0 atom stereocenters. The van der Waals surface area contributed by atoms with E-state index in [2.05, 4.69) is 18.0 Å². The highest BCUT2D eigenvalue weighted by atomic mass is 32.1. The van der Waals surface area contributed by atoms with Crippen LogP contribution in [0.5, 0.6) is 0 Å². The van der Waals surface area contributed by atoms with Crippen molar-refractivity contribution < 1.29 is 0 Å². The summed E-state index contributed by atoms with van der Waals surface area (Å²) in [4.78, 5) is 19.1. The first-order chi connectivity index (χ1) is 11.7. The highest BCUT2D eigenvalue weighted by Crippen LogP contribution is 2.22. The summed E-state index contributed by atoms with van der Waals surface area (Å²) in [6, 6.07) is 9.89. The second kappa shape index (κ2) is 5.62. The maximum atomic E-state index is 12.7. The summed E-state index contributed by atoms with van der Waals surface area (Å²) < 4.78 is 3.48. The summed E-state index contributed by atoms with van der Waals surface area (Å²) >= 11 is 1.56. The molecule has 0 aromatic carbocycles. The van der Waals surface area contributed by atoms with E-state index >= 15 is 0 Å². The Hall–Kier alpha value is -2.91. The summed E-state index contributed by atoms with van der Waals surface area (Å²) in [5, 5.41) is 10.1. The molecular weight excluding hydrogens is 320 g/mol. The van der Waals surface area contributed by atoms with Crippen molar-refractivity contribution in [3.05, 3.63) is 69.3 Å². The standard InChI is InChI=1S/C18H14N4OS/c1-2-13-7-14-17(24-13)20-11-22(18(14)23)10-12-9-21-6-4-3-5-16(21)15(12)8-19/h3-7,9,11H,2,10H2,1H3. The Balaban J connectivity index is 1.84. The SMILES string of the molecule is CCc1cc2c(=O)n(Cc3cn4ccccc4c3C#N)cnc2s1. The largest absolute Gasteiger partial charge is 0.322 e. The molecule has 4 aromatic heterocycles. The van der Waals surface area contributed by atoms with Gasteiger partial charge in [-0.25, -0.2) is 4.98 Å². The third kappa shape index (κ3) is 2.22. The summed E-state index contributed by atoms with van der Waals surface area (Å²) in [5.41, 5.74) is 2.20. The lowest BCUT2D eigenvalue weighted by atomic mass is 10.2. The van der Waals surface area contributed by atoms with Crippen LogP contribution >= 0.6 is 11.3 Å². The number of hydrogen-bond donors (Lipinski definition) is 0. The van der Waals surface area contributed by atoms with Crippen LogP contribution < -0.4 is 5.56 Å². The van der Waals surface area contributed by atoms with Crippen molar-refractivity contribution in [3.8, 4) is 6.07 Å². The summed E-state index contributed by atoms with van der Waals surface area (Å²) in [6.07, 6.45) is 6.26. The lowest BCUT2D eigenvalue weighted by Crippen LogP contribution is -2.20. The van der Waals surface area contributed by atoms with E-state index in [0.29, 0.717) is 17.5 Å². The fourth-order valence-corrected chi connectivity index (χ4v) is 3.83. The van der Waals surface area contributed by atoms with Gasteiger partial charge in [-0.2, -0.15) is 5.26 Å². The van der Waals surface area contributed by atoms with Crippen LogP contribution in [0.3, 0.4) is 0 Å². The molecule has 5 nitrogen and oxygen atoms in total. The van der Waals surface area contributed by atoms with Crippen molar-refractivity contribution in [1.29, 1.82) is 5.26 Å². The van der Waals surface area contributed by atoms with E-state index in [4.69, 9.17) is 0 Å². The predicted molar refractivity (Wildman–Crippen MR) is 94.5 cm³/mol. The molecule has 24 heavy (non-hydrogen) atoms. The van der Waals surface area contributed by atoms with E-state index in [-0.39, 0.29) is 5.56 Å². The van der Waals surface area contributed by atoms with Crippen molar-refractivity contribution >= 4 is 27.1 Å². The Morgan fingerprint density at radius 1 is 1.38 bits per heavy atom. The molecule has 0 spiro atoms. The Bertz CT molecular complexity index is 1160.